The molecule has 0 aromatic carbocycles. The lowest BCUT2D eigenvalue weighted by molar-refractivity contribution is -0.114. The van der Waals surface area contributed by atoms with E-state index in [1.54, 1.807) is 6.92 Å². The summed E-state index contributed by atoms with van der Waals surface area (Å²) in [7, 11) is 2.18. The normalized spacial score (nSPS) is 10.1. The van der Waals surface area contributed by atoms with Gasteiger partial charge in [-0.1, -0.05) is 0 Å². The van der Waals surface area contributed by atoms with Crippen LogP contribution in [-0.2, 0) is 14.3 Å². The first-order valence-electron chi connectivity index (χ1n) is 8.07. The number of nitrogens with one attached hydrogen (secondary N) is 2. The van der Waals surface area contributed by atoms with Gasteiger partial charge in [0, 0.05) is 23.6 Å². The summed E-state index contributed by atoms with van der Waals surface area (Å²) < 4.78 is 19.4. The highest BCUT2D eigenvalue weighted by Gasteiger charge is 2.31. The first kappa shape index (κ1) is 21.4. The Balaban J connectivity index is 2.88. The summed E-state index contributed by atoms with van der Waals surface area (Å²) in [6.07, 6.45) is -2.18. The second-order valence-corrected chi connectivity index (χ2v) is 5.67. The van der Waals surface area contributed by atoms with E-state index in [1.807, 2.05) is 0 Å². The third-order valence-electron chi connectivity index (χ3n) is 3.76. The zero-order valence-electron chi connectivity index (χ0n) is 15.9. The van der Waals surface area contributed by atoms with Gasteiger partial charge in [-0.3, -0.25) is 14.8 Å². The van der Waals surface area contributed by atoms with Crippen LogP contribution in [0.2, 0.25) is 0 Å². The van der Waals surface area contributed by atoms with Crippen LogP contribution in [-0.4, -0.2) is 43.6 Å². The van der Waals surface area contributed by atoms with Crippen LogP contribution in [0.1, 0.15) is 22.8 Å². The molecule has 0 spiro atoms. The molecule has 0 radical (unpaired) electrons. The summed E-state index contributed by atoms with van der Waals surface area (Å²) in [5.41, 5.74) is 2.33. The summed E-state index contributed by atoms with van der Waals surface area (Å²) in [6.45, 7) is 2.79. The lowest BCUT2D eigenvalue weighted by Crippen LogP contribution is -2.18. The van der Waals surface area contributed by atoms with Crippen LogP contribution in [0.5, 0.6) is 11.5 Å². The molecular weight excluding hydrogens is 388 g/mol. The van der Waals surface area contributed by atoms with E-state index in [4.69, 9.17) is 14.7 Å². The summed E-state index contributed by atoms with van der Waals surface area (Å²) in [5.74, 6) is -1.66. The van der Waals surface area contributed by atoms with Gasteiger partial charge in [-0.2, -0.15) is 0 Å². The summed E-state index contributed by atoms with van der Waals surface area (Å²) in [6, 6.07) is 4.13. The lowest BCUT2D eigenvalue weighted by Gasteiger charge is -2.08. The van der Waals surface area contributed by atoms with Crippen molar-refractivity contribution in [2.75, 3.05) is 19.5 Å². The molecule has 0 heterocycles. The van der Waals surface area contributed by atoms with Crippen molar-refractivity contribution < 1.29 is 43.3 Å². The van der Waals surface area contributed by atoms with Gasteiger partial charge >= 0.3 is 12.3 Å². The minimum absolute atomic E-state index is 0.0651. The molecule has 0 atom stereocenters. The zero-order chi connectivity index (χ0) is 21.7. The number of amides is 2. The van der Waals surface area contributed by atoms with Gasteiger partial charge in [-0.05, 0) is 30.7 Å². The number of anilines is 1. The summed E-state index contributed by atoms with van der Waals surface area (Å²) in [5, 5.41) is 11.3. The number of rotatable bonds is 4. The van der Waals surface area contributed by atoms with Crippen LogP contribution in [0.3, 0.4) is 0 Å². The largest absolute Gasteiger partial charge is 0.513 e. The van der Waals surface area contributed by atoms with Crippen molar-refractivity contribution >= 4 is 29.8 Å². The predicted octanol–water partition coefficient (Wildman–Crippen LogP) is 2.47. The predicted molar refractivity (Wildman–Crippen MR) is 97.4 cm³/mol. The van der Waals surface area contributed by atoms with E-state index < -0.39 is 24.1 Å². The molecule has 0 bridgehead atoms. The summed E-state index contributed by atoms with van der Waals surface area (Å²) >= 11 is 0. The number of carbonyl (C=O) groups excluding carboxylic acids is 4. The fourth-order valence-corrected chi connectivity index (χ4v) is 2.63. The number of hydrogen-bond donors (Lipinski definition) is 3. The van der Waals surface area contributed by atoms with Crippen LogP contribution in [0, 0.1) is 6.92 Å². The van der Waals surface area contributed by atoms with Gasteiger partial charge in [0.1, 0.15) is 5.69 Å². The molecule has 2 aliphatic rings. The standard InChI is InChI=1S/C18H18N2O9/c1-8-7-10(16(22)20-25)5-6-11-12(8)15(29-18(24)27-4)13(19-9(2)21)14(11)28-17(23)26-3/h5-7,25H,1-4H3,(H,19,21)(H,20,22). The molecule has 0 aliphatic heterocycles. The van der Waals surface area contributed by atoms with Crippen molar-refractivity contribution in [1.82, 2.24) is 5.48 Å². The molecule has 2 aliphatic carbocycles. The van der Waals surface area contributed by atoms with Gasteiger partial charge in [0.25, 0.3) is 5.91 Å². The molecule has 154 valence electrons. The van der Waals surface area contributed by atoms with Crippen molar-refractivity contribution in [2.24, 2.45) is 0 Å². The van der Waals surface area contributed by atoms with E-state index in [9.17, 15) is 19.2 Å². The fraction of sp³-hybridized carbons (Fsp3) is 0.222. The number of methoxy groups -OCH3 is 2. The Bertz CT molecular complexity index is 955. The second kappa shape index (κ2) is 8.89. The first-order chi connectivity index (χ1) is 13.7. The third-order valence-corrected chi connectivity index (χ3v) is 3.76. The average molecular weight is 406 g/mol. The number of fused-ring (bicyclic) bond motifs is 1. The van der Waals surface area contributed by atoms with Crippen LogP contribution in [0.15, 0.2) is 18.2 Å². The number of hydrogen-bond acceptors (Lipinski definition) is 9. The van der Waals surface area contributed by atoms with E-state index in [0.717, 1.165) is 14.2 Å². The minimum atomic E-state index is -1.09. The van der Waals surface area contributed by atoms with Crippen LogP contribution < -0.4 is 20.3 Å². The van der Waals surface area contributed by atoms with Gasteiger partial charge in [-0.25, -0.2) is 15.1 Å². The molecular formula is C18H18N2O9. The van der Waals surface area contributed by atoms with Crippen LogP contribution in [0.25, 0.3) is 11.1 Å². The Kier molecular flexibility index (Phi) is 6.57. The highest BCUT2D eigenvalue weighted by molar-refractivity contribution is 6.04. The van der Waals surface area contributed by atoms with E-state index in [2.05, 4.69) is 14.8 Å². The van der Waals surface area contributed by atoms with Crippen LogP contribution >= 0.6 is 0 Å². The Morgan fingerprint density at radius 2 is 1.55 bits per heavy atom. The van der Waals surface area contributed by atoms with Gasteiger partial charge in [0.05, 0.1) is 14.2 Å². The smallest absolute Gasteiger partial charge is 0.437 e. The van der Waals surface area contributed by atoms with E-state index in [0.29, 0.717) is 5.56 Å². The first-order valence-corrected chi connectivity index (χ1v) is 8.07. The number of hydroxylamine groups is 1. The second-order valence-electron chi connectivity index (χ2n) is 5.67. The lowest BCUT2D eigenvalue weighted by atomic mass is 10.1. The molecule has 11 nitrogen and oxygen atoms in total. The molecule has 0 aromatic rings. The Hall–Kier alpha value is -3.86. The van der Waals surface area contributed by atoms with Gasteiger partial charge in [0.15, 0.2) is 11.5 Å². The molecule has 0 unspecified atom stereocenters. The molecule has 0 saturated heterocycles. The van der Waals surface area contributed by atoms with E-state index in [-0.39, 0.29) is 33.9 Å². The van der Waals surface area contributed by atoms with Crippen LogP contribution in [0.4, 0.5) is 15.3 Å². The number of aryl methyl sites for hydroxylation is 1. The fourth-order valence-electron chi connectivity index (χ4n) is 2.63. The van der Waals surface area contributed by atoms with E-state index in [1.165, 1.54) is 30.6 Å². The molecule has 2 amide bonds. The maximum absolute atomic E-state index is 11.8. The maximum Gasteiger partial charge on any atom is 0.513 e. The molecule has 0 aromatic heterocycles. The van der Waals surface area contributed by atoms with Crippen molar-refractivity contribution in [3.63, 3.8) is 0 Å². The van der Waals surface area contributed by atoms with Crippen molar-refractivity contribution in [3.05, 3.63) is 29.3 Å². The minimum Gasteiger partial charge on any atom is -0.437 e. The molecule has 11 heteroatoms. The topological polar surface area (TPSA) is 149 Å². The average Bonchev–Trinajstić information content (AvgIpc) is 2.84. The maximum atomic E-state index is 11.8. The van der Waals surface area contributed by atoms with Gasteiger partial charge < -0.3 is 24.3 Å². The van der Waals surface area contributed by atoms with E-state index >= 15 is 0 Å². The van der Waals surface area contributed by atoms with Crippen molar-refractivity contribution in [1.29, 1.82) is 0 Å². The third kappa shape index (κ3) is 4.52. The Morgan fingerprint density at radius 3 is 2.07 bits per heavy atom. The highest BCUT2D eigenvalue weighted by Crippen LogP contribution is 2.53. The molecule has 29 heavy (non-hydrogen) atoms. The quantitative estimate of drug-likeness (QED) is 0.395. The number of carbonyl (C=O) groups is 4. The SMILES string of the molecule is COC(=O)Oc1c2ccc(C(=O)NO)cc(C)c-2c(OC(=O)OC)c1NC(C)=O. The number of ether oxygens (including phenoxy) is 4. The Morgan fingerprint density at radius 1 is 0.966 bits per heavy atom. The molecule has 0 saturated carbocycles. The highest BCUT2D eigenvalue weighted by atomic mass is 16.7. The monoisotopic (exact) mass is 406 g/mol. The molecule has 2 rings (SSSR count). The molecule has 3 N–H and O–H groups in total. The van der Waals surface area contributed by atoms with Gasteiger partial charge in [0.2, 0.25) is 5.91 Å². The van der Waals surface area contributed by atoms with Crippen molar-refractivity contribution in [2.45, 2.75) is 13.8 Å². The van der Waals surface area contributed by atoms with Crippen molar-refractivity contribution in [3.8, 4) is 22.6 Å². The summed E-state index contributed by atoms with van der Waals surface area (Å²) in [4.78, 5) is 47.0. The molecule has 0 fully saturated rings. The Labute approximate surface area is 164 Å². The zero-order valence-corrected chi connectivity index (χ0v) is 15.9. The van der Waals surface area contributed by atoms with Gasteiger partial charge in [-0.15, -0.1) is 0 Å².